The molecule has 0 aromatic rings. The molecule has 0 fully saturated rings. The van der Waals surface area contributed by atoms with Crippen LogP contribution in [0.25, 0.3) is 0 Å². The van der Waals surface area contributed by atoms with Gasteiger partial charge in [0.2, 0.25) is 0 Å². The van der Waals surface area contributed by atoms with Crippen molar-refractivity contribution in [1.29, 1.82) is 0 Å². The Morgan fingerprint density at radius 2 is 2.22 bits per heavy atom. The molecule has 0 bridgehead atoms. The van der Waals surface area contributed by atoms with E-state index in [0.717, 1.165) is 31.9 Å². The summed E-state index contributed by atoms with van der Waals surface area (Å²) in [5.74, 6) is 1.29. The second kappa shape index (κ2) is 4.19. The lowest BCUT2D eigenvalue weighted by Crippen LogP contribution is -2.40. The number of hydrogen-bond donors (Lipinski definition) is 0. The molecule has 4 heteroatoms. The summed E-state index contributed by atoms with van der Waals surface area (Å²) in [6.07, 6.45) is 7.58. The van der Waals surface area contributed by atoms with E-state index in [4.69, 9.17) is 0 Å². The maximum atomic E-state index is 4.65. The molecular formula is C14H20N4. The van der Waals surface area contributed by atoms with Crippen LogP contribution in [-0.2, 0) is 0 Å². The zero-order valence-electron chi connectivity index (χ0n) is 11.3. The Labute approximate surface area is 109 Å². The quantitative estimate of drug-likeness (QED) is 0.741. The molecule has 0 aromatic heterocycles. The van der Waals surface area contributed by atoms with Gasteiger partial charge in [0.15, 0.2) is 0 Å². The van der Waals surface area contributed by atoms with Crippen LogP contribution in [0, 0.1) is 0 Å². The normalized spacial score (nSPS) is 22.1. The first-order valence-corrected chi connectivity index (χ1v) is 6.60. The Balaban J connectivity index is 2.02. The molecular weight excluding hydrogens is 224 g/mol. The highest BCUT2D eigenvalue weighted by Crippen LogP contribution is 2.34. The Hall–Kier alpha value is -1.71. The van der Waals surface area contributed by atoms with Gasteiger partial charge < -0.3 is 14.7 Å². The molecule has 0 unspecified atom stereocenters. The summed E-state index contributed by atoms with van der Waals surface area (Å²) < 4.78 is 0. The summed E-state index contributed by atoms with van der Waals surface area (Å²) in [6, 6.07) is 0. The molecule has 3 heterocycles. The first kappa shape index (κ1) is 11.4. The zero-order chi connectivity index (χ0) is 12.7. The standard InChI is InChI=1S/C14H20N4/c1-4-6-17-7-5-11(2)13-14(17)18-10-16(3)9-12(18)8-15-13/h5,8-9H,4,6-7,10H2,1-3H3. The molecule has 0 N–H and O–H groups in total. The molecule has 0 amide bonds. The number of hydrogen-bond acceptors (Lipinski definition) is 4. The number of nitrogens with zero attached hydrogens (tertiary/aromatic N) is 4. The zero-order valence-corrected chi connectivity index (χ0v) is 11.3. The van der Waals surface area contributed by atoms with Crippen LogP contribution in [0.4, 0.5) is 0 Å². The van der Waals surface area contributed by atoms with Crippen LogP contribution in [0.3, 0.4) is 0 Å². The predicted octanol–water partition coefficient (Wildman–Crippen LogP) is 1.96. The van der Waals surface area contributed by atoms with Gasteiger partial charge in [0.05, 0.1) is 18.6 Å². The van der Waals surface area contributed by atoms with Crippen molar-refractivity contribution >= 4 is 6.21 Å². The van der Waals surface area contributed by atoms with E-state index in [-0.39, 0.29) is 0 Å². The Bertz CT molecular complexity index is 484. The third kappa shape index (κ3) is 1.64. The fraction of sp³-hybridized carbons (Fsp3) is 0.500. The van der Waals surface area contributed by atoms with Crippen molar-refractivity contribution in [2.45, 2.75) is 20.3 Å². The van der Waals surface area contributed by atoms with Crippen LogP contribution in [0.2, 0.25) is 0 Å². The minimum atomic E-state index is 0.924. The fourth-order valence-corrected chi connectivity index (χ4v) is 2.75. The van der Waals surface area contributed by atoms with E-state index < -0.39 is 0 Å². The maximum Gasteiger partial charge on any atom is 0.137 e. The van der Waals surface area contributed by atoms with E-state index in [1.54, 1.807) is 0 Å². The molecule has 18 heavy (non-hydrogen) atoms. The van der Waals surface area contributed by atoms with Crippen molar-refractivity contribution in [2.24, 2.45) is 4.99 Å². The van der Waals surface area contributed by atoms with Crippen molar-refractivity contribution in [3.8, 4) is 0 Å². The molecule has 0 aromatic carbocycles. The monoisotopic (exact) mass is 244 g/mol. The van der Waals surface area contributed by atoms with E-state index in [1.807, 2.05) is 6.21 Å². The van der Waals surface area contributed by atoms with E-state index >= 15 is 0 Å². The summed E-state index contributed by atoms with van der Waals surface area (Å²) in [5.41, 5.74) is 3.64. The summed E-state index contributed by atoms with van der Waals surface area (Å²) >= 11 is 0. The van der Waals surface area contributed by atoms with Gasteiger partial charge in [-0.1, -0.05) is 13.0 Å². The molecule has 0 saturated carbocycles. The lowest BCUT2D eigenvalue weighted by molar-refractivity contribution is 0.228. The Morgan fingerprint density at radius 3 is 3.00 bits per heavy atom. The van der Waals surface area contributed by atoms with E-state index in [1.165, 1.54) is 17.1 Å². The maximum absolute atomic E-state index is 4.65. The third-order valence-electron chi connectivity index (χ3n) is 3.61. The Kier molecular flexibility index (Phi) is 2.65. The lowest BCUT2D eigenvalue weighted by Gasteiger charge is -2.39. The smallest absolute Gasteiger partial charge is 0.137 e. The number of allylic oxidation sites excluding steroid dienone is 2. The highest BCUT2D eigenvalue weighted by atomic mass is 15.4. The average Bonchev–Trinajstić information content (AvgIpc) is 2.73. The first-order valence-electron chi connectivity index (χ1n) is 6.60. The molecule has 0 radical (unpaired) electrons. The van der Waals surface area contributed by atoms with Crippen molar-refractivity contribution in [2.75, 3.05) is 26.8 Å². The van der Waals surface area contributed by atoms with Gasteiger partial charge in [-0.15, -0.1) is 0 Å². The van der Waals surface area contributed by atoms with Gasteiger partial charge >= 0.3 is 0 Å². The highest BCUT2D eigenvalue weighted by molar-refractivity contribution is 5.82. The summed E-state index contributed by atoms with van der Waals surface area (Å²) in [6.45, 7) is 7.40. The molecule has 4 nitrogen and oxygen atoms in total. The fourth-order valence-electron chi connectivity index (χ4n) is 2.75. The van der Waals surface area contributed by atoms with Crippen molar-refractivity contribution in [3.05, 3.63) is 35.1 Å². The second-order valence-corrected chi connectivity index (χ2v) is 5.14. The minimum Gasteiger partial charge on any atom is -0.361 e. The van der Waals surface area contributed by atoms with Crippen LogP contribution in [-0.4, -0.2) is 47.7 Å². The van der Waals surface area contributed by atoms with Crippen LogP contribution in [0.15, 0.2) is 40.1 Å². The van der Waals surface area contributed by atoms with E-state index in [0.29, 0.717) is 0 Å². The Morgan fingerprint density at radius 1 is 1.39 bits per heavy atom. The van der Waals surface area contributed by atoms with Gasteiger partial charge in [0.1, 0.15) is 11.5 Å². The van der Waals surface area contributed by atoms with Crippen LogP contribution in [0.1, 0.15) is 20.3 Å². The molecule has 0 spiro atoms. The molecule has 3 aliphatic heterocycles. The van der Waals surface area contributed by atoms with Crippen LogP contribution < -0.4 is 0 Å². The van der Waals surface area contributed by atoms with Gasteiger partial charge in [0, 0.05) is 26.3 Å². The van der Waals surface area contributed by atoms with Crippen molar-refractivity contribution < 1.29 is 0 Å². The summed E-state index contributed by atoms with van der Waals surface area (Å²) in [7, 11) is 2.11. The molecule has 3 aliphatic rings. The van der Waals surface area contributed by atoms with Crippen LogP contribution >= 0.6 is 0 Å². The van der Waals surface area contributed by atoms with Gasteiger partial charge in [0.25, 0.3) is 0 Å². The summed E-state index contributed by atoms with van der Waals surface area (Å²) in [4.78, 5) is 11.7. The largest absolute Gasteiger partial charge is 0.361 e. The average molecular weight is 244 g/mol. The topological polar surface area (TPSA) is 22.1 Å². The van der Waals surface area contributed by atoms with Crippen molar-refractivity contribution in [3.63, 3.8) is 0 Å². The molecule has 96 valence electrons. The first-order chi connectivity index (χ1) is 8.70. The van der Waals surface area contributed by atoms with E-state index in [9.17, 15) is 0 Å². The number of rotatable bonds is 2. The summed E-state index contributed by atoms with van der Waals surface area (Å²) in [5, 5.41) is 0. The number of aliphatic imine (C=N–C) groups is 1. The van der Waals surface area contributed by atoms with Gasteiger partial charge in [-0.05, 0) is 18.9 Å². The molecule has 0 aliphatic carbocycles. The van der Waals surface area contributed by atoms with Gasteiger partial charge in [-0.25, -0.2) is 0 Å². The van der Waals surface area contributed by atoms with Gasteiger partial charge in [-0.3, -0.25) is 4.99 Å². The van der Waals surface area contributed by atoms with Gasteiger partial charge in [-0.2, -0.15) is 0 Å². The third-order valence-corrected chi connectivity index (χ3v) is 3.61. The minimum absolute atomic E-state index is 0.924. The SMILES string of the molecule is CCCN1CC=C(C)C2=C1N1CN(C)C=C1C=N2. The second-order valence-electron chi connectivity index (χ2n) is 5.14. The molecule has 0 saturated heterocycles. The highest BCUT2D eigenvalue weighted by Gasteiger charge is 2.32. The lowest BCUT2D eigenvalue weighted by atomic mass is 10.1. The molecule has 3 rings (SSSR count). The van der Waals surface area contributed by atoms with Crippen LogP contribution in [0.5, 0.6) is 0 Å². The number of fused-ring (bicyclic) bond motifs is 2. The molecule has 0 atom stereocenters. The van der Waals surface area contributed by atoms with E-state index in [2.05, 4.69) is 52.9 Å². The van der Waals surface area contributed by atoms with Crippen molar-refractivity contribution in [1.82, 2.24) is 14.7 Å². The predicted molar refractivity (Wildman–Crippen MR) is 73.7 cm³/mol.